The van der Waals surface area contributed by atoms with Gasteiger partial charge in [0.2, 0.25) is 0 Å². The van der Waals surface area contributed by atoms with Crippen LogP contribution in [0.3, 0.4) is 0 Å². The van der Waals surface area contributed by atoms with Gasteiger partial charge in [0, 0.05) is 36.0 Å². The summed E-state index contributed by atoms with van der Waals surface area (Å²) in [7, 11) is 0. The molecule has 1 heterocycles. The number of ketones is 1. The molecule has 2 aromatic rings. The van der Waals surface area contributed by atoms with Crippen LogP contribution >= 0.6 is 0 Å². The van der Waals surface area contributed by atoms with Gasteiger partial charge >= 0.3 is 0 Å². The number of amides is 1. The van der Waals surface area contributed by atoms with E-state index < -0.39 is 35.5 Å². The first-order chi connectivity index (χ1) is 9.88. The van der Waals surface area contributed by atoms with Gasteiger partial charge in [-0.3, -0.25) is 9.59 Å². The maximum atomic E-state index is 13.4. The van der Waals surface area contributed by atoms with Gasteiger partial charge in [0.1, 0.15) is 23.1 Å². The Balaban J connectivity index is 2.09. The van der Waals surface area contributed by atoms with Crippen LogP contribution < -0.4 is 5.32 Å². The van der Waals surface area contributed by atoms with E-state index in [1.165, 1.54) is 19.2 Å². The van der Waals surface area contributed by atoms with Gasteiger partial charge in [-0.05, 0) is 13.0 Å². The number of H-pyrrole nitrogens is 1. The Morgan fingerprint density at radius 3 is 2.29 bits per heavy atom. The Bertz CT molecular complexity index is 687. The average molecular weight is 296 g/mol. The first kappa shape index (κ1) is 14.8. The molecule has 7 heteroatoms. The van der Waals surface area contributed by atoms with Crippen LogP contribution in [-0.4, -0.2) is 16.7 Å². The molecule has 21 heavy (non-hydrogen) atoms. The number of rotatable bonds is 4. The monoisotopic (exact) mass is 296 g/mol. The molecule has 0 unspecified atom stereocenters. The molecule has 0 aliphatic carbocycles. The van der Waals surface area contributed by atoms with Gasteiger partial charge in [-0.1, -0.05) is 0 Å². The lowest BCUT2D eigenvalue weighted by atomic mass is 10.2. The molecule has 0 saturated carbocycles. The molecule has 110 valence electrons. The van der Waals surface area contributed by atoms with Crippen LogP contribution in [0.5, 0.6) is 0 Å². The number of hydrogen-bond acceptors (Lipinski definition) is 2. The fourth-order valence-corrected chi connectivity index (χ4v) is 1.73. The van der Waals surface area contributed by atoms with Crippen LogP contribution in [-0.2, 0) is 6.54 Å². The summed E-state index contributed by atoms with van der Waals surface area (Å²) in [4.78, 5) is 25.4. The van der Waals surface area contributed by atoms with Crippen molar-refractivity contribution in [3.8, 4) is 0 Å². The standard InChI is InChI=1S/C14H11F3N2O2/c1-7(20)8-2-13(18-5-8)14(21)19-6-10-11(16)3-9(15)4-12(10)17/h2-5,18H,6H2,1H3,(H,19,21). The first-order valence-electron chi connectivity index (χ1n) is 5.99. The molecule has 0 atom stereocenters. The largest absolute Gasteiger partial charge is 0.356 e. The maximum absolute atomic E-state index is 13.4. The highest BCUT2D eigenvalue weighted by Gasteiger charge is 2.14. The Kier molecular flexibility index (Phi) is 4.11. The molecule has 0 radical (unpaired) electrons. The maximum Gasteiger partial charge on any atom is 0.267 e. The fraction of sp³-hybridized carbons (Fsp3) is 0.143. The number of halogens is 3. The number of aromatic amines is 1. The van der Waals surface area contributed by atoms with E-state index in [9.17, 15) is 22.8 Å². The summed E-state index contributed by atoms with van der Waals surface area (Å²) in [5, 5.41) is 2.28. The molecule has 0 saturated heterocycles. The van der Waals surface area contributed by atoms with Crippen LogP contribution in [0.15, 0.2) is 24.4 Å². The molecular weight excluding hydrogens is 285 g/mol. The summed E-state index contributed by atoms with van der Waals surface area (Å²) in [5.74, 6) is -4.05. The van der Waals surface area contributed by atoms with Gasteiger partial charge < -0.3 is 10.3 Å². The lowest BCUT2D eigenvalue weighted by Gasteiger charge is -2.06. The molecule has 2 N–H and O–H groups in total. The molecule has 4 nitrogen and oxygen atoms in total. The number of hydrogen-bond donors (Lipinski definition) is 2. The topological polar surface area (TPSA) is 62.0 Å². The Labute approximate surface area is 118 Å². The normalized spacial score (nSPS) is 10.5. The second kappa shape index (κ2) is 5.82. The summed E-state index contributed by atoms with van der Waals surface area (Å²) in [6.07, 6.45) is 1.36. The van der Waals surface area contributed by atoms with Crippen molar-refractivity contribution >= 4 is 11.7 Å². The lowest BCUT2D eigenvalue weighted by Crippen LogP contribution is -2.24. The van der Waals surface area contributed by atoms with Crippen molar-refractivity contribution in [1.82, 2.24) is 10.3 Å². The number of Topliss-reactive ketones (excluding diaryl/α,β-unsaturated/α-hetero) is 1. The number of benzene rings is 1. The van der Waals surface area contributed by atoms with E-state index in [0.29, 0.717) is 17.7 Å². The van der Waals surface area contributed by atoms with E-state index in [2.05, 4.69) is 10.3 Å². The van der Waals surface area contributed by atoms with E-state index in [1.807, 2.05) is 0 Å². The van der Waals surface area contributed by atoms with E-state index in [-0.39, 0.29) is 11.5 Å². The minimum Gasteiger partial charge on any atom is -0.356 e. The molecular formula is C14H11F3N2O2. The summed E-state index contributed by atoms with van der Waals surface area (Å²) >= 11 is 0. The predicted molar refractivity (Wildman–Crippen MR) is 68.3 cm³/mol. The molecule has 0 aliphatic rings. The second-order valence-electron chi connectivity index (χ2n) is 4.39. The molecule has 2 rings (SSSR count). The Morgan fingerprint density at radius 2 is 1.76 bits per heavy atom. The van der Waals surface area contributed by atoms with Crippen LogP contribution in [0.2, 0.25) is 0 Å². The van der Waals surface area contributed by atoms with Gasteiger partial charge in [0.05, 0.1) is 0 Å². The Hall–Kier alpha value is -2.57. The number of aromatic nitrogens is 1. The van der Waals surface area contributed by atoms with Crippen molar-refractivity contribution in [3.05, 3.63) is 58.7 Å². The molecule has 1 aromatic carbocycles. The SMILES string of the molecule is CC(=O)c1c[nH]c(C(=O)NCc2c(F)cc(F)cc2F)c1. The van der Waals surface area contributed by atoms with Gasteiger partial charge in [-0.2, -0.15) is 0 Å². The predicted octanol–water partition coefficient (Wildman–Crippen LogP) is 2.56. The summed E-state index contributed by atoms with van der Waals surface area (Å²) < 4.78 is 39.5. The molecule has 0 aliphatic heterocycles. The van der Waals surface area contributed by atoms with Crippen molar-refractivity contribution < 1.29 is 22.8 Å². The average Bonchev–Trinajstić information content (AvgIpc) is 2.86. The Morgan fingerprint density at radius 1 is 1.14 bits per heavy atom. The minimum absolute atomic E-state index is 0.0862. The zero-order chi connectivity index (χ0) is 15.6. The van der Waals surface area contributed by atoms with Gasteiger partial charge in [-0.25, -0.2) is 13.2 Å². The number of nitrogens with one attached hydrogen (secondary N) is 2. The van der Waals surface area contributed by atoms with Crippen LogP contribution in [0.4, 0.5) is 13.2 Å². The van der Waals surface area contributed by atoms with Crippen LogP contribution in [0.25, 0.3) is 0 Å². The first-order valence-corrected chi connectivity index (χ1v) is 5.99. The van der Waals surface area contributed by atoms with Gasteiger partial charge in [0.25, 0.3) is 5.91 Å². The van der Waals surface area contributed by atoms with Crippen molar-refractivity contribution in [1.29, 1.82) is 0 Å². The smallest absolute Gasteiger partial charge is 0.267 e. The van der Waals surface area contributed by atoms with Gasteiger partial charge in [-0.15, -0.1) is 0 Å². The third-order valence-electron chi connectivity index (χ3n) is 2.87. The highest BCUT2D eigenvalue weighted by Crippen LogP contribution is 2.14. The van der Waals surface area contributed by atoms with Crippen molar-refractivity contribution in [2.75, 3.05) is 0 Å². The molecule has 0 fully saturated rings. The molecule has 1 amide bonds. The molecule has 0 bridgehead atoms. The molecule has 0 spiro atoms. The van der Waals surface area contributed by atoms with E-state index in [1.54, 1.807) is 0 Å². The van der Waals surface area contributed by atoms with E-state index in [4.69, 9.17) is 0 Å². The summed E-state index contributed by atoms with van der Waals surface area (Å²) in [5.41, 5.74) is -0.0366. The fourth-order valence-electron chi connectivity index (χ4n) is 1.73. The van der Waals surface area contributed by atoms with Crippen LogP contribution in [0, 0.1) is 17.5 Å². The summed E-state index contributed by atoms with van der Waals surface area (Å²) in [6.45, 7) is 0.902. The van der Waals surface area contributed by atoms with Crippen LogP contribution in [0.1, 0.15) is 33.3 Å². The third-order valence-corrected chi connectivity index (χ3v) is 2.87. The zero-order valence-electron chi connectivity index (χ0n) is 11.0. The van der Waals surface area contributed by atoms with E-state index >= 15 is 0 Å². The van der Waals surface area contributed by atoms with Crippen molar-refractivity contribution in [2.24, 2.45) is 0 Å². The lowest BCUT2D eigenvalue weighted by molar-refractivity contribution is 0.0945. The van der Waals surface area contributed by atoms with Crippen molar-refractivity contribution in [2.45, 2.75) is 13.5 Å². The highest BCUT2D eigenvalue weighted by atomic mass is 19.1. The zero-order valence-corrected chi connectivity index (χ0v) is 11.0. The van der Waals surface area contributed by atoms with E-state index in [0.717, 1.165) is 0 Å². The number of carbonyl (C=O) groups excluding carboxylic acids is 2. The van der Waals surface area contributed by atoms with Gasteiger partial charge in [0.15, 0.2) is 5.78 Å². The second-order valence-corrected chi connectivity index (χ2v) is 4.39. The minimum atomic E-state index is -1.08. The highest BCUT2D eigenvalue weighted by molar-refractivity contribution is 5.99. The summed E-state index contributed by atoms with van der Waals surface area (Å²) in [6, 6.07) is 2.40. The third kappa shape index (κ3) is 3.31. The van der Waals surface area contributed by atoms with Crippen molar-refractivity contribution in [3.63, 3.8) is 0 Å². The number of carbonyl (C=O) groups is 2. The quantitative estimate of drug-likeness (QED) is 0.852. The molecule has 1 aromatic heterocycles.